The van der Waals surface area contributed by atoms with Crippen molar-refractivity contribution in [2.24, 2.45) is 0 Å². The molecule has 0 unspecified atom stereocenters. The highest BCUT2D eigenvalue weighted by Crippen LogP contribution is 2.64. The summed E-state index contributed by atoms with van der Waals surface area (Å²) in [7, 11) is 1.12. The van der Waals surface area contributed by atoms with E-state index >= 15 is 0 Å². The van der Waals surface area contributed by atoms with Gasteiger partial charge in [0.05, 0.1) is 55.5 Å². The molecule has 2 fully saturated rings. The molecule has 0 aromatic heterocycles. The van der Waals surface area contributed by atoms with Gasteiger partial charge in [-0.25, -0.2) is 0 Å². The van der Waals surface area contributed by atoms with Crippen molar-refractivity contribution in [3.8, 4) is 11.5 Å². The number of carboxylic acids is 1. The largest absolute Gasteiger partial charge is 0.507 e. The number of hydrogen-bond donors (Lipinski definition) is 5. The number of fused-ring (bicyclic) bond motifs is 4. The molecule has 2 heterocycles. The number of methoxy groups -OCH3 is 1. The summed E-state index contributed by atoms with van der Waals surface area (Å²) in [6.45, 7) is 2.50. The van der Waals surface area contributed by atoms with Gasteiger partial charge < -0.3 is 39.7 Å². The molecule has 2 aliphatic heterocycles. The fraction of sp³-hybridized carbons (Fsp3) is 0.455. The molecule has 6 rings (SSSR count). The average molecular weight is 685 g/mol. The SMILES string of the molecule is COC(=O)C[C@H]1C[C@@]2(S[C@@]34C[C@H](CC(=O)O)O[C@H](C)[C@@]3(O)C(=O)c3c(O)cccc3C4=O)C(=O)c3cccc(O)c3C(=O)[C@@]2(O)[C@@H](C)O1. The molecule has 0 radical (unpaired) electrons. The van der Waals surface area contributed by atoms with Crippen LogP contribution in [0.4, 0.5) is 0 Å². The van der Waals surface area contributed by atoms with Crippen molar-refractivity contribution < 1.29 is 68.5 Å². The zero-order valence-electron chi connectivity index (χ0n) is 25.9. The van der Waals surface area contributed by atoms with Crippen LogP contribution in [-0.2, 0) is 23.8 Å². The minimum Gasteiger partial charge on any atom is -0.507 e. The number of carbonyl (C=O) groups excluding carboxylic acids is 5. The fourth-order valence-corrected chi connectivity index (χ4v) is 10.2. The zero-order chi connectivity index (χ0) is 35.1. The van der Waals surface area contributed by atoms with Crippen LogP contribution in [0, 0.1) is 0 Å². The normalized spacial score (nSPS) is 35.6. The number of aliphatic carboxylic acids is 1. The first-order chi connectivity index (χ1) is 22.5. The van der Waals surface area contributed by atoms with Crippen LogP contribution >= 0.6 is 11.8 Å². The van der Waals surface area contributed by atoms with Crippen LogP contribution in [0.15, 0.2) is 36.4 Å². The lowest BCUT2D eigenvalue weighted by Gasteiger charge is -2.61. The number of rotatable bonds is 6. The Morgan fingerprint density at radius 3 is 1.58 bits per heavy atom. The molecule has 0 spiro atoms. The Morgan fingerprint density at radius 1 is 0.771 bits per heavy atom. The minimum atomic E-state index is -2.90. The summed E-state index contributed by atoms with van der Waals surface area (Å²) in [5.74, 6) is -7.64. The predicted octanol–water partition coefficient (Wildman–Crippen LogP) is 1.62. The molecule has 2 aliphatic carbocycles. The van der Waals surface area contributed by atoms with E-state index in [1.54, 1.807) is 0 Å². The number of phenolic OH excluding ortho intramolecular Hbond substituents is 2. The lowest BCUT2D eigenvalue weighted by molar-refractivity contribution is -0.172. The van der Waals surface area contributed by atoms with E-state index in [2.05, 4.69) is 0 Å². The molecule has 2 aromatic rings. The molecular weight excluding hydrogens is 652 g/mol. The number of ether oxygens (including phenoxy) is 3. The van der Waals surface area contributed by atoms with Crippen LogP contribution < -0.4 is 0 Å². The number of benzene rings is 2. The van der Waals surface area contributed by atoms with Crippen molar-refractivity contribution in [1.82, 2.24) is 0 Å². The fourth-order valence-electron chi connectivity index (χ4n) is 7.83. The van der Waals surface area contributed by atoms with E-state index in [1.165, 1.54) is 38.1 Å². The Bertz CT molecular complexity index is 1810. The van der Waals surface area contributed by atoms with Gasteiger partial charge in [0.15, 0.2) is 22.8 Å². The van der Waals surface area contributed by atoms with E-state index in [9.17, 15) is 54.3 Å². The molecule has 48 heavy (non-hydrogen) atoms. The summed E-state index contributed by atoms with van der Waals surface area (Å²) in [6.07, 6.45) is -8.20. The van der Waals surface area contributed by atoms with Crippen molar-refractivity contribution in [3.05, 3.63) is 58.7 Å². The highest BCUT2D eigenvalue weighted by atomic mass is 32.2. The molecule has 8 atom stereocenters. The summed E-state index contributed by atoms with van der Waals surface area (Å²) in [6, 6.07) is 7.31. The Kier molecular flexibility index (Phi) is 7.87. The van der Waals surface area contributed by atoms with Crippen LogP contribution in [0.1, 0.15) is 81.0 Å². The predicted molar refractivity (Wildman–Crippen MR) is 163 cm³/mol. The van der Waals surface area contributed by atoms with Crippen LogP contribution in [0.5, 0.6) is 11.5 Å². The Morgan fingerprint density at radius 2 is 1.19 bits per heavy atom. The minimum absolute atomic E-state index is 0.332. The Labute approximate surface area is 277 Å². The standard InChI is InChI=1S/C33H32O14S/c1-14-32(43)28(41)24-18(6-4-8-20(24)34)26(39)30(32,12-16(46-14)10-22(36)37)48-31-13-17(11-23(38)45-3)47-15(2)33(31,44)29(42)25-19(27(31)40)7-5-9-21(25)35/h4-9,14-17,34-35,43-44H,10-13H2,1-3H3,(H,36,37)/t14-,15-,16+,17+,30-,31-,32-,33+/m1/s1. The maximum Gasteiger partial charge on any atom is 0.308 e. The van der Waals surface area contributed by atoms with Crippen LogP contribution in [0.3, 0.4) is 0 Å². The van der Waals surface area contributed by atoms with Crippen LogP contribution in [0.2, 0.25) is 0 Å². The van der Waals surface area contributed by atoms with Crippen molar-refractivity contribution in [3.63, 3.8) is 0 Å². The molecule has 2 aromatic carbocycles. The topological polar surface area (TPSA) is 231 Å². The second-order valence-electron chi connectivity index (χ2n) is 12.6. The molecule has 254 valence electrons. The van der Waals surface area contributed by atoms with E-state index in [0.29, 0.717) is 11.8 Å². The number of esters is 1. The average Bonchev–Trinajstić information content (AvgIpc) is 3.02. The third-order valence-electron chi connectivity index (χ3n) is 10.1. The summed E-state index contributed by atoms with van der Waals surface area (Å²) >= 11 is 0.332. The summed E-state index contributed by atoms with van der Waals surface area (Å²) in [5.41, 5.74) is -7.49. The smallest absolute Gasteiger partial charge is 0.308 e. The molecular formula is C33H32O14S. The molecule has 0 saturated carbocycles. The van der Waals surface area contributed by atoms with Crippen LogP contribution in [-0.4, -0.2) is 113 Å². The van der Waals surface area contributed by atoms with Gasteiger partial charge in [-0.3, -0.25) is 28.8 Å². The number of aliphatic hydroxyl groups is 2. The Hall–Kier alpha value is -4.15. The van der Waals surface area contributed by atoms with Crippen molar-refractivity contribution in [1.29, 1.82) is 0 Å². The van der Waals surface area contributed by atoms with Crippen molar-refractivity contribution in [2.45, 2.75) is 84.6 Å². The highest BCUT2D eigenvalue weighted by molar-refractivity contribution is 8.03. The summed E-state index contributed by atoms with van der Waals surface area (Å²) in [4.78, 5) is 82.9. The second kappa shape index (κ2) is 11.2. The first kappa shape index (κ1) is 33.7. The number of phenols is 2. The van der Waals surface area contributed by atoms with Crippen molar-refractivity contribution in [2.75, 3.05) is 7.11 Å². The first-order valence-electron chi connectivity index (χ1n) is 15.1. The molecule has 0 amide bonds. The number of thioether (sulfide) groups is 1. The zero-order valence-corrected chi connectivity index (χ0v) is 26.7. The lowest BCUT2D eigenvalue weighted by atomic mass is 9.63. The summed E-state index contributed by atoms with van der Waals surface area (Å²) < 4.78 is 11.5. The molecule has 2 saturated heterocycles. The number of Topliss-reactive ketones (excluding diaryl/α,β-unsaturated/α-hetero) is 4. The van der Waals surface area contributed by atoms with E-state index in [-0.39, 0.29) is 11.1 Å². The number of carbonyl (C=O) groups is 6. The quantitative estimate of drug-likeness (QED) is 0.272. The molecule has 5 N–H and O–H groups in total. The van der Waals surface area contributed by atoms with Gasteiger partial charge in [0.1, 0.15) is 21.0 Å². The van der Waals surface area contributed by atoms with Gasteiger partial charge in [-0.05, 0) is 38.8 Å². The molecule has 4 aliphatic rings. The number of aromatic hydroxyl groups is 2. The van der Waals surface area contributed by atoms with Gasteiger partial charge >= 0.3 is 11.9 Å². The van der Waals surface area contributed by atoms with Crippen LogP contribution in [0.25, 0.3) is 0 Å². The maximum absolute atomic E-state index is 14.9. The van der Waals surface area contributed by atoms with Crippen molar-refractivity contribution >= 4 is 46.8 Å². The van der Waals surface area contributed by atoms with Gasteiger partial charge in [-0.2, -0.15) is 0 Å². The third kappa shape index (κ3) is 4.27. The van der Waals surface area contributed by atoms with E-state index in [0.717, 1.165) is 19.2 Å². The number of carboxylic acid groups (broad SMARTS) is 1. The summed E-state index contributed by atoms with van der Waals surface area (Å²) in [5, 5.41) is 56.3. The second-order valence-corrected chi connectivity index (χ2v) is 14.2. The molecule has 14 nitrogen and oxygen atoms in total. The van der Waals surface area contributed by atoms with Gasteiger partial charge in [-0.1, -0.05) is 24.3 Å². The van der Waals surface area contributed by atoms with E-state index in [4.69, 9.17) is 14.2 Å². The monoisotopic (exact) mass is 684 g/mol. The first-order valence-corrected chi connectivity index (χ1v) is 15.9. The number of ketones is 4. The van der Waals surface area contributed by atoms with Gasteiger partial charge in [-0.15, -0.1) is 11.8 Å². The molecule has 15 heteroatoms. The lowest BCUT2D eigenvalue weighted by Crippen LogP contribution is -2.79. The highest BCUT2D eigenvalue weighted by Gasteiger charge is 2.78. The van der Waals surface area contributed by atoms with E-state index < -0.39 is 128 Å². The van der Waals surface area contributed by atoms with E-state index in [1.807, 2.05) is 0 Å². The van der Waals surface area contributed by atoms with Gasteiger partial charge in [0.2, 0.25) is 11.6 Å². The van der Waals surface area contributed by atoms with Gasteiger partial charge in [0, 0.05) is 11.1 Å². The van der Waals surface area contributed by atoms with Gasteiger partial charge in [0.25, 0.3) is 0 Å². The Balaban J connectivity index is 1.67. The molecule has 0 bridgehead atoms. The maximum atomic E-state index is 14.9. The third-order valence-corrected chi connectivity index (χ3v) is 12.1. The number of hydrogen-bond acceptors (Lipinski definition) is 14.